The van der Waals surface area contributed by atoms with Crippen LogP contribution in [0.5, 0.6) is 0 Å². The van der Waals surface area contributed by atoms with E-state index in [1.807, 2.05) is 25.6 Å². The van der Waals surface area contributed by atoms with Crippen molar-refractivity contribution in [3.05, 3.63) is 46.8 Å². The molecule has 0 radical (unpaired) electrons. The molecule has 0 amide bonds. The fraction of sp³-hybridized carbons (Fsp3) is 0.500. The number of nitrogens with one attached hydrogen (secondary N) is 2. The van der Waals surface area contributed by atoms with Gasteiger partial charge in [-0.25, -0.2) is 13.6 Å². The van der Waals surface area contributed by atoms with Crippen LogP contribution in [0.2, 0.25) is 0 Å². The standard InChI is InChI=1S/C20H32N6O2S/c1-6-22-20(24-14(2)13-19-15(3)25-26(5)16(19)4)23-12-11-17-7-9-18(10-8-17)29(21,27)28/h7-10,14H,6,11-13H2,1-5H3,(H2,21,27,28)(H2,22,23,24). The first-order valence-electron chi connectivity index (χ1n) is 9.77. The minimum Gasteiger partial charge on any atom is -0.357 e. The largest absolute Gasteiger partial charge is 0.357 e. The zero-order valence-electron chi connectivity index (χ0n) is 17.9. The van der Waals surface area contributed by atoms with E-state index >= 15 is 0 Å². The van der Waals surface area contributed by atoms with Gasteiger partial charge in [-0.2, -0.15) is 5.10 Å². The summed E-state index contributed by atoms with van der Waals surface area (Å²) in [7, 11) is -1.70. The Morgan fingerprint density at radius 1 is 1.28 bits per heavy atom. The molecule has 2 rings (SSSR count). The molecule has 160 valence electrons. The van der Waals surface area contributed by atoms with Crippen LogP contribution >= 0.6 is 0 Å². The Bertz CT molecular complexity index is 948. The van der Waals surface area contributed by atoms with Gasteiger partial charge in [0.2, 0.25) is 10.0 Å². The first-order chi connectivity index (χ1) is 13.6. The summed E-state index contributed by atoms with van der Waals surface area (Å²) < 4.78 is 24.6. The molecule has 0 aliphatic rings. The number of hydrogen-bond acceptors (Lipinski definition) is 4. The molecule has 2 aromatic rings. The van der Waals surface area contributed by atoms with Crippen molar-refractivity contribution in [2.75, 3.05) is 13.1 Å². The minimum atomic E-state index is -3.66. The molecule has 8 nitrogen and oxygen atoms in total. The van der Waals surface area contributed by atoms with E-state index in [-0.39, 0.29) is 10.9 Å². The smallest absolute Gasteiger partial charge is 0.238 e. The molecule has 0 bridgehead atoms. The Balaban J connectivity index is 1.96. The van der Waals surface area contributed by atoms with Crippen molar-refractivity contribution < 1.29 is 8.42 Å². The van der Waals surface area contributed by atoms with Crippen molar-refractivity contribution in [1.29, 1.82) is 0 Å². The summed E-state index contributed by atoms with van der Waals surface area (Å²) in [5.74, 6) is 0.764. The molecule has 0 fully saturated rings. The molecule has 1 unspecified atom stereocenters. The van der Waals surface area contributed by atoms with Crippen LogP contribution in [0.25, 0.3) is 0 Å². The number of guanidine groups is 1. The van der Waals surface area contributed by atoms with Crippen LogP contribution in [0.15, 0.2) is 34.2 Å². The van der Waals surface area contributed by atoms with Gasteiger partial charge in [0, 0.05) is 31.9 Å². The quantitative estimate of drug-likeness (QED) is 0.441. The summed E-state index contributed by atoms with van der Waals surface area (Å²) in [6.07, 6.45) is 1.57. The SMILES string of the molecule is CCNC(=NCCc1ccc(S(N)(=O)=O)cc1)NC(C)Cc1c(C)nn(C)c1C. The summed E-state index contributed by atoms with van der Waals surface area (Å²) in [6, 6.07) is 6.79. The summed E-state index contributed by atoms with van der Waals surface area (Å²) in [6.45, 7) is 9.64. The summed E-state index contributed by atoms with van der Waals surface area (Å²) in [5, 5.41) is 16.3. The second-order valence-corrected chi connectivity index (χ2v) is 8.78. The number of rotatable bonds is 8. The maximum absolute atomic E-state index is 11.3. The third-order valence-corrected chi connectivity index (χ3v) is 5.75. The fourth-order valence-corrected chi connectivity index (χ4v) is 3.68. The molecule has 1 heterocycles. The van der Waals surface area contributed by atoms with E-state index in [1.165, 1.54) is 23.4 Å². The molecule has 0 spiro atoms. The average Bonchev–Trinajstić information content (AvgIpc) is 2.87. The highest BCUT2D eigenvalue weighted by Crippen LogP contribution is 2.14. The van der Waals surface area contributed by atoms with Gasteiger partial charge in [-0.05, 0) is 63.8 Å². The second kappa shape index (κ2) is 9.89. The lowest BCUT2D eigenvalue weighted by Gasteiger charge is -2.18. The van der Waals surface area contributed by atoms with Gasteiger partial charge in [0.05, 0.1) is 10.6 Å². The van der Waals surface area contributed by atoms with E-state index in [1.54, 1.807) is 12.1 Å². The molecule has 1 aromatic heterocycles. The van der Waals surface area contributed by atoms with Gasteiger partial charge in [-0.15, -0.1) is 0 Å². The molecule has 0 saturated heterocycles. The first kappa shape index (κ1) is 22.9. The minimum absolute atomic E-state index is 0.120. The van der Waals surface area contributed by atoms with Crippen LogP contribution in [0.4, 0.5) is 0 Å². The van der Waals surface area contributed by atoms with Gasteiger partial charge in [0.25, 0.3) is 0 Å². The molecule has 0 aliphatic carbocycles. The van der Waals surface area contributed by atoms with Crippen LogP contribution in [-0.2, 0) is 29.9 Å². The summed E-state index contributed by atoms with van der Waals surface area (Å²) >= 11 is 0. The maximum Gasteiger partial charge on any atom is 0.238 e. The molecule has 0 aliphatic heterocycles. The topological polar surface area (TPSA) is 114 Å². The number of nitrogens with zero attached hydrogens (tertiary/aromatic N) is 3. The number of nitrogens with two attached hydrogens (primary N) is 1. The third-order valence-electron chi connectivity index (χ3n) is 4.82. The molecule has 1 aromatic carbocycles. The summed E-state index contributed by atoms with van der Waals surface area (Å²) in [4.78, 5) is 4.76. The molecule has 1 atom stereocenters. The highest BCUT2D eigenvalue weighted by atomic mass is 32.2. The Labute approximate surface area is 173 Å². The fourth-order valence-electron chi connectivity index (χ4n) is 3.17. The van der Waals surface area contributed by atoms with Gasteiger partial charge in [0.15, 0.2) is 5.96 Å². The number of primary sulfonamides is 1. The second-order valence-electron chi connectivity index (χ2n) is 7.22. The lowest BCUT2D eigenvalue weighted by molar-refractivity contribution is 0.598. The Hall–Kier alpha value is -2.39. The molecular formula is C20H32N6O2S. The maximum atomic E-state index is 11.3. The van der Waals surface area contributed by atoms with Crippen molar-refractivity contribution in [3.8, 4) is 0 Å². The Morgan fingerprint density at radius 2 is 1.93 bits per heavy atom. The van der Waals surface area contributed by atoms with Gasteiger partial charge in [-0.1, -0.05) is 12.1 Å². The molecule has 9 heteroatoms. The van der Waals surface area contributed by atoms with E-state index < -0.39 is 10.0 Å². The Kier molecular flexibility index (Phi) is 7.80. The van der Waals surface area contributed by atoms with Gasteiger partial charge < -0.3 is 10.6 Å². The molecule has 29 heavy (non-hydrogen) atoms. The molecule has 4 N–H and O–H groups in total. The van der Waals surface area contributed by atoms with Crippen molar-refractivity contribution in [1.82, 2.24) is 20.4 Å². The van der Waals surface area contributed by atoms with Crippen molar-refractivity contribution in [2.45, 2.75) is 51.5 Å². The molecular weight excluding hydrogens is 388 g/mol. The molecule has 0 saturated carbocycles. The van der Waals surface area contributed by atoms with E-state index in [9.17, 15) is 8.42 Å². The highest BCUT2D eigenvalue weighted by Gasteiger charge is 2.14. The van der Waals surface area contributed by atoms with E-state index in [4.69, 9.17) is 5.14 Å². The van der Waals surface area contributed by atoms with Crippen LogP contribution in [-0.4, -0.2) is 43.3 Å². The number of sulfonamides is 1. The predicted octanol–water partition coefficient (Wildman–Crippen LogP) is 1.41. The zero-order chi connectivity index (χ0) is 21.6. The number of aromatic nitrogens is 2. The lowest BCUT2D eigenvalue weighted by atomic mass is 10.1. The lowest BCUT2D eigenvalue weighted by Crippen LogP contribution is -2.43. The predicted molar refractivity (Wildman–Crippen MR) is 116 cm³/mol. The number of hydrogen-bond donors (Lipinski definition) is 3. The normalized spacial score (nSPS) is 13.4. The van der Waals surface area contributed by atoms with Gasteiger partial charge in [-0.3, -0.25) is 9.67 Å². The summed E-state index contributed by atoms with van der Waals surface area (Å²) in [5.41, 5.74) is 4.51. The third kappa shape index (κ3) is 6.57. The van der Waals surface area contributed by atoms with Crippen LogP contribution < -0.4 is 15.8 Å². The van der Waals surface area contributed by atoms with E-state index in [2.05, 4.69) is 34.6 Å². The van der Waals surface area contributed by atoms with Crippen LogP contribution in [0.1, 0.15) is 36.4 Å². The van der Waals surface area contributed by atoms with Gasteiger partial charge >= 0.3 is 0 Å². The number of aryl methyl sites for hydroxylation is 2. The number of aliphatic imine (C=N–C) groups is 1. The Morgan fingerprint density at radius 3 is 2.45 bits per heavy atom. The highest BCUT2D eigenvalue weighted by molar-refractivity contribution is 7.89. The monoisotopic (exact) mass is 420 g/mol. The van der Waals surface area contributed by atoms with Crippen LogP contribution in [0, 0.1) is 13.8 Å². The van der Waals surface area contributed by atoms with Crippen molar-refractivity contribution in [3.63, 3.8) is 0 Å². The van der Waals surface area contributed by atoms with E-state index in [0.717, 1.165) is 30.2 Å². The van der Waals surface area contributed by atoms with Gasteiger partial charge in [0.1, 0.15) is 0 Å². The van der Waals surface area contributed by atoms with E-state index in [0.29, 0.717) is 13.0 Å². The van der Waals surface area contributed by atoms with Crippen molar-refractivity contribution >= 4 is 16.0 Å². The zero-order valence-corrected chi connectivity index (χ0v) is 18.7. The van der Waals surface area contributed by atoms with Crippen molar-refractivity contribution in [2.24, 2.45) is 17.2 Å². The number of benzene rings is 1. The van der Waals surface area contributed by atoms with Crippen LogP contribution in [0.3, 0.4) is 0 Å². The first-order valence-corrected chi connectivity index (χ1v) is 11.3. The average molecular weight is 421 g/mol.